The van der Waals surface area contributed by atoms with Crippen molar-refractivity contribution in [2.45, 2.75) is 168 Å². The van der Waals surface area contributed by atoms with E-state index >= 15 is 0 Å². The van der Waals surface area contributed by atoms with Crippen LogP contribution < -0.4 is 0 Å². The third kappa shape index (κ3) is 25.8. The number of rotatable bonds is 27. The van der Waals surface area contributed by atoms with Crippen molar-refractivity contribution in [3.63, 3.8) is 0 Å². The number of aliphatic hydroxyl groups excluding tert-OH is 1. The van der Waals surface area contributed by atoms with Crippen molar-refractivity contribution in [3.8, 4) is 0 Å². The predicted molar refractivity (Wildman–Crippen MR) is 145 cm³/mol. The molecule has 1 N–H and O–H groups in total. The van der Waals surface area contributed by atoms with Gasteiger partial charge in [0.05, 0.1) is 6.61 Å². The molecule has 0 fully saturated rings. The molecule has 0 aliphatic heterocycles. The Morgan fingerprint density at radius 3 is 1.26 bits per heavy atom. The van der Waals surface area contributed by atoms with E-state index < -0.39 is 6.10 Å². The van der Waals surface area contributed by atoms with Crippen molar-refractivity contribution in [2.24, 2.45) is 0 Å². The molecule has 0 unspecified atom stereocenters. The van der Waals surface area contributed by atoms with E-state index in [1.54, 1.807) is 0 Å². The summed E-state index contributed by atoms with van der Waals surface area (Å²) in [5, 5.41) is 9.43. The number of hydrogen-bond donors (Lipinski definition) is 1. The highest BCUT2D eigenvalue weighted by molar-refractivity contribution is 5.70. The predicted octanol–water partition coefficient (Wildman–Crippen LogP) is 8.45. The van der Waals surface area contributed by atoms with Crippen molar-refractivity contribution in [1.82, 2.24) is 0 Å². The standard InChI is InChI=1S/C30H58O5/c1-3-5-7-9-11-12-13-14-15-16-17-19-21-23-25-30(33)35-28(26-31)27-34-29(32)24-22-20-18-10-8-6-4-2/h28,31H,3-27H2,1-2H3/t28-/m0/s1. The van der Waals surface area contributed by atoms with Gasteiger partial charge in [0.1, 0.15) is 6.61 Å². The zero-order valence-corrected chi connectivity index (χ0v) is 23.3. The van der Waals surface area contributed by atoms with Gasteiger partial charge < -0.3 is 14.6 Å². The van der Waals surface area contributed by atoms with Crippen LogP contribution in [0.25, 0.3) is 0 Å². The quantitative estimate of drug-likeness (QED) is 0.0908. The topological polar surface area (TPSA) is 72.8 Å². The molecule has 208 valence electrons. The normalized spacial score (nSPS) is 12.0. The smallest absolute Gasteiger partial charge is 0.306 e. The summed E-state index contributed by atoms with van der Waals surface area (Å²) < 4.78 is 10.5. The van der Waals surface area contributed by atoms with Crippen LogP contribution in [0.15, 0.2) is 0 Å². The number of carbonyl (C=O) groups is 2. The van der Waals surface area contributed by atoms with Crippen LogP contribution in [-0.2, 0) is 19.1 Å². The van der Waals surface area contributed by atoms with E-state index in [2.05, 4.69) is 13.8 Å². The van der Waals surface area contributed by atoms with Crippen LogP contribution in [-0.4, -0.2) is 36.4 Å². The van der Waals surface area contributed by atoms with Crippen LogP contribution in [0.4, 0.5) is 0 Å². The first-order valence-corrected chi connectivity index (χ1v) is 15.1. The van der Waals surface area contributed by atoms with E-state index in [-0.39, 0.29) is 25.2 Å². The minimum atomic E-state index is -0.757. The second kappa shape index (κ2) is 27.5. The molecule has 0 amide bonds. The molecule has 5 heteroatoms. The van der Waals surface area contributed by atoms with Crippen molar-refractivity contribution in [3.05, 3.63) is 0 Å². The maximum absolute atomic E-state index is 12.0. The van der Waals surface area contributed by atoms with Gasteiger partial charge in [0.2, 0.25) is 0 Å². The van der Waals surface area contributed by atoms with Crippen LogP contribution in [0.5, 0.6) is 0 Å². The Hall–Kier alpha value is -1.10. The SMILES string of the molecule is CCCCCCCCCCCCCCCCC(=O)O[C@@H](CO)COC(=O)CCCCCCCCC. The van der Waals surface area contributed by atoms with Gasteiger partial charge in [-0.25, -0.2) is 0 Å². The van der Waals surface area contributed by atoms with Crippen LogP contribution in [0.3, 0.4) is 0 Å². The molecule has 0 saturated heterocycles. The Labute approximate surface area is 217 Å². The first-order valence-electron chi connectivity index (χ1n) is 15.1. The van der Waals surface area contributed by atoms with Gasteiger partial charge in [-0.1, -0.05) is 136 Å². The Kier molecular flexibility index (Phi) is 26.6. The van der Waals surface area contributed by atoms with Gasteiger partial charge in [-0.05, 0) is 12.8 Å². The van der Waals surface area contributed by atoms with Crippen LogP contribution in [0.2, 0.25) is 0 Å². The van der Waals surface area contributed by atoms with E-state index in [9.17, 15) is 14.7 Å². The highest BCUT2D eigenvalue weighted by atomic mass is 16.6. The molecule has 0 radical (unpaired) electrons. The minimum absolute atomic E-state index is 0.0592. The van der Waals surface area contributed by atoms with E-state index in [1.165, 1.54) is 96.3 Å². The molecule has 35 heavy (non-hydrogen) atoms. The molecule has 0 aromatic heterocycles. The fourth-order valence-electron chi connectivity index (χ4n) is 4.32. The second-order valence-electron chi connectivity index (χ2n) is 10.2. The highest BCUT2D eigenvalue weighted by Gasteiger charge is 2.16. The van der Waals surface area contributed by atoms with Gasteiger partial charge in [0.15, 0.2) is 6.10 Å². The minimum Gasteiger partial charge on any atom is -0.462 e. The molecule has 1 atom stereocenters. The maximum atomic E-state index is 12.0. The molecule has 0 aliphatic rings. The number of aliphatic hydroxyl groups is 1. The number of carbonyl (C=O) groups excluding carboxylic acids is 2. The lowest BCUT2D eigenvalue weighted by molar-refractivity contribution is -0.161. The monoisotopic (exact) mass is 498 g/mol. The summed E-state index contributed by atoms with van der Waals surface area (Å²) in [4.78, 5) is 23.9. The fraction of sp³-hybridized carbons (Fsp3) is 0.933. The summed E-state index contributed by atoms with van der Waals surface area (Å²) in [5.41, 5.74) is 0. The average molecular weight is 499 g/mol. The first-order chi connectivity index (χ1) is 17.1. The molecule has 0 aromatic rings. The van der Waals surface area contributed by atoms with Crippen LogP contribution in [0.1, 0.15) is 162 Å². The summed E-state index contributed by atoms with van der Waals surface area (Å²) in [6.45, 7) is 4.08. The third-order valence-electron chi connectivity index (χ3n) is 6.65. The van der Waals surface area contributed by atoms with Crippen molar-refractivity contribution < 1.29 is 24.2 Å². The molecule has 0 bridgehead atoms. The summed E-state index contributed by atoms with van der Waals surface area (Å²) in [7, 11) is 0. The summed E-state index contributed by atoms with van der Waals surface area (Å²) in [6.07, 6.45) is 25.9. The zero-order chi connectivity index (χ0) is 25.8. The van der Waals surface area contributed by atoms with Crippen molar-refractivity contribution in [2.75, 3.05) is 13.2 Å². The van der Waals surface area contributed by atoms with Gasteiger partial charge in [-0.3, -0.25) is 9.59 Å². The Morgan fingerprint density at radius 2 is 0.886 bits per heavy atom. The lowest BCUT2D eigenvalue weighted by atomic mass is 10.0. The number of esters is 2. The molecule has 5 nitrogen and oxygen atoms in total. The molecular formula is C30H58O5. The number of hydrogen-bond acceptors (Lipinski definition) is 5. The van der Waals surface area contributed by atoms with E-state index in [0.717, 1.165) is 38.5 Å². The van der Waals surface area contributed by atoms with Crippen LogP contribution in [0, 0.1) is 0 Å². The van der Waals surface area contributed by atoms with Gasteiger partial charge in [0, 0.05) is 12.8 Å². The second-order valence-corrected chi connectivity index (χ2v) is 10.2. The third-order valence-corrected chi connectivity index (χ3v) is 6.65. The maximum Gasteiger partial charge on any atom is 0.306 e. The number of unbranched alkanes of at least 4 members (excludes halogenated alkanes) is 19. The number of ether oxygens (including phenoxy) is 2. The zero-order valence-electron chi connectivity index (χ0n) is 23.3. The molecule has 0 aromatic carbocycles. The molecule has 0 rings (SSSR count). The highest BCUT2D eigenvalue weighted by Crippen LogP contribution is 2.14. The van der Waals surface area contributed by atoms with Gasteiger partial charge >= 0.3 is 11.9 Å². The largest absolute Gasteiger partial charge is 0.462 e. The lowest BCUT2D eigenvalue weighted by Crippen LogP contribution is -2.28. The van der Waals surface area contributed by atoms with Crippen molar-refractivity contribution >= 4 is 11.9 Å². The van der Waals surface area contributed by atoms with E-state index in [0.29, 0.717) is 12.8 Å². The summed E-state index contributed by atoms with van der Waals surface area (Å²) >= 11 is 0. The molecule has 0 saturated carbocycles. The van der Waals surface area contributed by atoms with Gasteiger partial charge in [0.25, 0.3) is 0 Å². The van der Waals surface area contributed by atoms with Gasteiger partial charge in [-0.2, -0.15) is 0 Å². The Bertz CT molecular complexity index is 466. The average Bonchev–Trinajstić information content (AvgIpc) is 2.86. The Morgan fingerprint density at radius 1 is 0.543 bits per heavy atom. The summed E-state index contributed by atoms with van der Waals surface area (Å²) in [5.74, 6) is -0.592. The molecule has 0 aliphatic carbocycles. The lowest BCUT2D eigenvalue weighted by Gasteiger charge is -2.15. The van der Waals surface area contributed by atoms with E-state index in [4.69, 9.17) is 9.47 Å². The molecule has 0 spiro atoms. The Balaban J connectivity index is 3.54. The molecular weight excluding hydrogens is 440 g/mol. The summed E-state index contributed by atoms with van der Waals surface area (Å²) in [6, 6.07) is 0. The van der Waals surface area contributed by atoms with Crippen LogP contribution >= 0.6 is 0 Å². The van der Waals surface area contributed by atoms with E-state index in [1.807, 2.05) is 0 Å². The first kappa shape index (κ1) is 33.9. The van der Waals surface area contributed by atoms with Gasteiger partial charge in [-0.15, -0.1) is 0 Å². The van der Waals surface area contributed by atoms with Crippen molar-refractivity contribution in [1.29, 1.82) is 0 Å². The molecule has 0 heterocycles. The fourth-order valence-corrected chi connectivity index (χ4v) is 4.32.